The molecule has 0 aromatic rings. The van der Waals surface area contributed by atoms with Crippen molar-refractivity contribution in [2.24, 2.45) is 33.5 Å². The summed E-state index contributed by atoms with van der Waals surface area (Å²) in [6, 6.07) is 0. The lowest BCUT2D eigenvalue weighted by atomic mass is 9.40. The van der Waals surface area contributed by atoms with Crippen LogP contribution in [-0.4, -0.2) is 40.6 Å². The minimum atomic E-state index is -1.21. The number of Topliss-reactive ketones (excluding diaryl/α,β-unsaturated/α-hetero) is 1. The number of cyclic esters (lactones) is 1. The number of allylic oxidation sites excluding steroid dienone is 3. The van der Waals surface area contributed by atoms with Crippen molar-refractivity contribution in [2.75, 3.05) is 0 Å². The minimum Gasteiger partial charge on any atom is -0.429 e. The van der Waals surface area contributed by atoms with Crippen molar-refractivity contribution >= 4 is 17.5 Å². The summed E-state index contributed by atoms with van der Waals surface area (Å²) in [5, 5.41) is 9.85. The summed E-state index contributed by atoms with van der Waals surface area (Å²) in [6.07, 6.45) is 7.71. The molecule has 0 amide bonds. The van der Waals surface area contributed by atoms with Gasteiger partial charge in [-0.3, -0.25) is 9.59 Å². The summed E-state index contributed by atoms with van der Waals surface area (Å²) in [5.74, 6) is -0.518. The molecule has 1 saturated heterocycles. The van der Waals surface area contributed by atoms with E-state index in [0.29, 0.717) is 24.8 Å². The van der Waals surface area contributed by atoms with Crippen LogP contribution < -0.4 is 0 Å². The molecule has 8 atom stereocenters. The summed E-state index contributed by atoms with van der Waals surface area (Å²) in [4.78, 5) is 39.2. The number of aliphatic hydroxyl groups is 1. The molecule has 0 aromatic carbocycles. The second-order valence-corrected chi connectivity index (χ2v) is 11.8. The molecule has 6 nitrogen and oxygen atoms in total. The third kappa shape index (κ3) is 1.92. The number of carbonyl (C=O) groups is 3. The van der Waals surface area contributed by atoms with E-state index in [2.05, 4.69) is 19.9 Å². The number of aliphatic hydroxyl groups excluding tert-OH is 1. The molecule has 6 heteroatoms. The Kier molecular flexibility index (Phi) is 3.55. The third-order valence-corrected chi connectivity index (χ3v) is 10.3. The maximum atomic E-state index is 14.0. The molecule has 3 fully saturated rings. The van der Waals surface area contributed by atoms with Crippen LogP contribution in [-0.2, 0) is 23.9 Å². The number of hydrogen-bond donors (Lipinski definition) is 1. The van der Waals surface area contributed by atoms with Crippen LogP contribution in [0.1, 0.15) is 53.9 Å². The van der Waals surface area contributed by atoms with Gasteiger partial charge in [0.15, 0.2) is 5.78 Å². The first-order chi connectivity index (χ1) is 14.8. The molecule has 2 saturated carbocycles. The van der Waals surface area contributed by atoms with Crippen LogP contribution in [0.2, 0.25) is 0 Å². The van der Waals surface area contributed by atoms with E-state index >= 15 is 0 Å². The van der Waals surface area contributed by atoms with Gasteiger partial charge in [-0.2, -0.15) is 0 Å². The number of fused-ring (bicyclic) bond motifs is 3. The van der Waals surface area contributed by atoms with Crippen LogP contribution in [0.25, 0.3) is 0 Å². The Hall–Kier alpha value is -2.05. The van der Waals surface area contributed by atoms with Gasteiger partial charge in [0, 0.05) is 34.2 Å². The Balaban J connectivity index is 1.52. The highest BCUT2D eigenvalue weighted by Crippen LogP contribution is 2.79. The molecule has 2 heterocycles. The van der Waals surface area contributed by atoms with E-state index < -0.39 is 39.5 Å². The van der Waals surface area contributed by atoms with Crippen molar-refractivity contribution in [1.82, 2.24) is 0 Å². The van der Waals surface area contributed by atoms with Crippen molar-refractivity contribution in [3.63, 3.8) is 0 Å². The second kappa shape index (κ2) is 5.53. The number of rotatable bonds is 1. The molecule has 6 aliphatic rings. The molecule has 0 bridgehead atoms. The summed E-state index contributed by atoms with van der Waals surface area (Å²) in [5.41, 5.74) is -1.43. The fourth-order valence-corrected chi connectivity index (χ4v) is 8.58. The zero-order chi connectivity index (χ0) is 23.1. The van der Waals surface area contributed by atoms with Gasteiger partial charge in [-0.25, -0.2) is 4.79 Å². The smallest absolute Gasteiger partial charge is 0.336 e. The van der Waals surface area contributed by atoms with Crippen molar-refractivity contribution in [1.29, 1.82) is 0 Å². The van der Waals surface area contributed by atoms with Crippen molar-refractivity contribution in [3.8, 4) is 0 Å². The highest BCUT2D eigenvalue weighted by Gasteiger charge is 2.85. The maximum absolute atomic E-state index is 14.0. The maximum Gasteiger partial charge on any atom is 0.336 e. The van der Waals surface area contributed by atoms with E-state index in [1.807, 2.05) is 26.8 Å². The number of epoxide rings is 1. The molecule has 32 heavy (non-hydrogen) atoms. The van der Waals surface area contributed by atoms with Crippen LogP contribution in [0, 0.1) is 33.5 Å². The fraction of sp³-hybridized carbons (Fsp3) is 0.654. The highest BCUT2D eigenvalue weighted by molar-refractivity contribution is 6.00. The SMILES string of the molecule is CC1(C)C(=O)C=C[C@]2(C)C3=CC[C@@]4(C)[C@H](C5=C[C@@H](O)OC5=O)C[C@H]5O[C@]54[C@]3(C)C(=O)C[C@@H]12. The quantitative estimate of drug-likeness (QED) is 0.384. The van der Waals surface area contributed by atoms with Gasteiger partial charge in [0.05, 0.1) is 11.5 Å². The first kappa shape index (κ1) is 20.5. The standard InChI is InChI=1S/C26H30O6/c1-22(2)16-12-18(28)25(5)15(23(16,3)8-7-17(22)27)6-9-24(4)14(11-19-26(24,25)32-19)13-10-20(29)31-21(13)30/h6-8,10,14,16,19-20,29H,9,11-12H2,1-5H3/t14-,16-,19+,20-,23+,24-,25-,26+/m0/s1. The van der Waals surface area contributed by atoms with E-state index in [-0.39, 0.29) is 29.5 Å². The van der Waals surface area contributed by atoms with Gasteiger partial charge in [0.2, 0.25) is 6.29 Å². The van der Waals surface area contributed by atoms with Gasteiger partial charge in [-0.1, -0.05) is 39.8 Å². The van der Waals surface area contributed by atoms with Crippen LogP contribution in [0.5, 0.6) is 0 Å². The summed E-state index contributed by atoms with van der Waals surface area (Å²) in [6.45, 7) is 10.2. The Morgan fingerprint density at radius 1 is 1.09 bits per heavy atom. The van der Waals surface area contributed by atoms with Crippen molar-refractivity contribution in [2.45, 2.75) is 71.9 Å². The van der Waals surface area contributed by atoms with Crippen LogP contribution in [0.4, 0.5) is 0 Å². The number of hydrogen-bond acceptors (Lipinski definition) is 6. The van der Waals surface area contributed by atoms with Crippen LogP contribution in [0.3, 0.4) is 0 Å². The molecule has 0 radical (unpaired) electrons. The predicted molar refractivity (Wildman–Crippen MR) is 114 cm³/mol. The van der Waals surface area contributed by atoms with Crippen LogP contribution in [0.15, 0.2) is 35.5 Å². The minimum absolute atomic E-state index is 0.0718. The lowest BCUT2D eigenvalue weighted by Crippen LogP contribution is -2.64. The van der Waals surface area contributed by atoms with Gasteiger partial charge in [0.25, 0.3) is 0 Å². The molecule has 0 unspecified atom stereocenters. The van der Waals surface area contributed by atoms with E-state index in [9.17, 15) is 19.5 Å². The number of carbonyl (C=O) groups excluding carboxylic acids is 3. The Labute approximate surface area is 187 Å². The molecule has 6 rings (SSSR count). The number of esters is 1. The summed E-state index contributed by atoms with van der Waals surface area (Å²) >= 11 is 0. The van der Waals surface area contributed by atoms with E-state index in [1.165, 1.54) is 6.08 Å². The Morgan fingerprint density at radius 2 is 1.81 bits per heavy atom. The van der Waals surface area contributed by atoms with Gasteiger partial charge in [-0.15, -0.1) is 0 Å². The summed E-state index contributed by atoms with van der Waals surface area (Å²) < 4.78 is 11.4. The molecule has 4 aliphatic carbocycles. The molecule has 0 aromatic heterocycles. The molecule has 1 spiro atoms. The molecular weight excluding hydrogens is 408 g/mol. The lowest BCUT2D eigenvalue weighted by molar-refractivity contribution is -0.152. The van der Waals surface area contributed by atoms with Gasteiger partial charge >= 0.3 is 5.97 Å². The normalized spacial score (nSPS) is 52.4. The Bertz CT molecular complexity index is 1100. The Morgan fingerprint density at radius 3 is 2.47 bits per heavy atom. The van der Waals surface area contributed by atoms with E-state index in [1.54, 1.807) is 6.08 Å². The zero-order valence-electron chi connectivity index (χ0n) is 19.2. The fourth-order valence-electron chi connectivity index (χ4n) is 8.58. The monoisotopic (exact) mass is 438 g/mol. The van der Waals surface area contributed by atoms with E-state index in [4.69, 9.17) is 9.47 Å². The van der Waals surface area contributed by atoms with Gasteiger partial charge in [0.1, 0.15) is 11.4 Å². The van der Waals surface area contributed by atoms with Crippen LogP contribution >= 0.6 is 0 Å². The predicted octanol–water partition coefficient (Wildman–Crippen LogP) is 3.05. The molecule has 2 aliphatic heterocycles. The summed E-state index contributed by atoms with van der Waals surface area (Å²) in [7, 11) is 0. The number of ether oxygens (including phenoxy) is 2. The van der Waals surface area contributed by atoms with Crippen molar-refractivity contribution < 1.29 is 29.0 Å². The lowest BCUT2D eigenvalue weighted by Gasteiger charge is -2.61. The zero-order valence-corrected chi connectivity index (χ0v) is 19.2. The highest BCUT2D eigenvalue weighted by atomic mass is 16.6. The number of ketones is 2. The van der Waals surface area contributed by atoms with Gasteiger partial charge < -0.3 is 14.6 Å². The third-order valence-electron chi connectivity index (χ3n) is 10.3. The largest absolute Gasteiger partial charge is 0.429 e. The van der Waals surface area contributed by atoms with E-state index in [0.717, 1.165) is 5.57 Å². The molecular formula is C26H30O6. The topological polar surface area (TPSA) is 93.2 Å². The van der Waals surface area contributed by atoms with Gasteiger partial charge in [-0.05, 0) is 43.4 Å². The van der Waals surface area contributed by atoms with Crippen molar-refractivity contribution in [3.05, 3.63) is 35.5 Å². The molecule has 1 N–H and O–H groups in total. The first-order valence-corrected chi connectivity index (χ1v) is 11.6. The first-order valence-electron chi connectivity index (χ1n) is 11.6. The average molecular weight is 439 g/mol. The second-order valence-electron chi connectivity index (χ2n) is 11.8. The molecule has 170 valence electrons. The average Bonchev–Trinajstić information content (AvgIpc) is 3.27.